The molecular formula is C20H20ClFN4O. The van der Waals surface area contributed by atoms with Crippen LogP contribution >= 0.6 is 11.6 Å². The van der Waals surface area contributed by atoms with Crippen molar-refractivity contribution >= 4 is 17.5 Å². The van der Waals surface area contributed by atoms with Crippen LogP contribution in [-0.2, 0) is 0 Å². The lowest BCUT2D eigenvalue weighted by atomic mass is 10.1. The second-order valence-corrected chi connectivity index (χ2v) is 6.72. The minimum atomic E-state index is -0.402. The predicted octanol–water partition coefficient (Wildman–Crippen LogP) is 3.62. The van der Waals surface area contributed by atoms with Crippen LogP contribution in [0, 0.1) is 5.82 Å². The van der Waals surface area contributed by atoms with Crippen molar-refractivity contribution in [1.29, 1.82) is 0 Å². The maximum atomic E-state index is 14.2. The number of para-hydroxylation sites is 1. The zero-order chi connectivity index (χ0) is 19.4. The molecule has 0 saturated carbocycles. The number of hydrogen-bond donors (Lipinski definition) is 1. The van der Waals surface area contributed by atoms with Crippen LogP contribution in [0.5, 0.6) is 0 Å². The molecule has 0 atom stereocenters. The topological polar surface area (TPSA) is 50.2 Å². The van der Waals surface area contributed by atoms with E-state index in [-0.39, 0.29) is 5.91 Å². The molecule has 0 aliphatic heterocycles. The van der Waals surface area contributed by atoms with Crippen molar-refractivity contribution < 1.29 is 9.18 Å². The predicted molar refractivity (Wildman–Crippen MR) is 105 cm³/mol. The van der Waals surface area contributed by atoms with E-state index in [1.165, 1.54) is 10.7 Å². The Morgan fingerprint density at radius 3 is 2.59 bits per heavy atom. The first-order chi connectivity index (χ1) is 13.0. The first-order valence-electron chi connectivity index (χ1n) is 8.50. The molecule has 0 unspecified atom stereocenters. The van der Waals surface area contributed by atoms with Crippen LogP contribution in [0.3, 0.4) is 0 Å². The van der Waals surface area contributed by atoms with Crippen molar-refractivity contribution in [2.45, 2.75) is 0 Å². The lowest BCUT2D eigenvalue weighted by Gasteiger charge is -2.12. The molecule has 1 N–H and O–H groups in total. The summed E-state index contributed by atoms with van der Waals surface area (Å²) in [4.78, 5) is 14.7. The Kier molecular flexibility index (Phi) is 5.88. The first kappa shape index (κ1) is 19.1. The van der Waals surface area contributed by atoms with Crippen LogP contribution in [0.15, 0.2) is 54.6 Å². The highest BCUT2D eigenvalue weighted by Crippen LogP contribution is 2.27. The van der Waals surface area contributed by atoms with Gasteiger partial charge < -0.3 is 10.2 Å². The van der Waals surface area contributed by atoms with E-state index in [4.69, 9.17) is 11.6 Å². The Bertz CT molecular complexity index is 955. The van der Waals surface area contributed by atoms with Crippen LogP contribution < -0.4 is 5.32 Å². The number of nitrogens with one attached hydrogen (secondary N) is 1. The second-order valence-electron chi connectivity index (χ2n) is 6.32. The van der Waals surface area contributed by atoms with Crippen molar-refractivity contribution in [3.63, 3.8) is 0 Å². The first-order valence-corrected chi connectivity index (χ1v) is 8.88. The van der Waals surface area contributed by atoms with E-state index >= 15 is 0 Å². The summed E-state index contributed by atoms with van der Waals surface area (Å²) in [6.45, 7) is 1.18. The summed E-state index contributed by atoms with van der Waals surface area (Å²) in [5.74, 6) is -0.701. The van der Waals surface area contributed by atoms with Gasteiger partial charge in [-0.3, -0.25) is 4.79 Å². The number of likely N-dealkylation sites (N-methyl/N-ethyl adjacent to an activating group) is 1. The fourth-order valence-electron chi connectivity index (χ4n) is 2.63. The molecule has 5 nitrogen and oxygen atoms in total. The summed E-state index contributed by atoms with van der Waals surface area (Å²) in [5, 5.41) is 7.77. The summed E-state index contributed by atoms with van der Waals surface area (Å²) in [5.41, 5.74) is 1.54. The van der Waals surface area contributed by atoms with Gasteiger partial charge in [-0.15, -0.1) is 0 Å². The number of benzene rings is 2. The van der Waals surface area contributed by atoms with Gasteiger partial charge in [-0.2, -0.15) is 5.10 Å². The molecule has 0 fully saturated rings. The Balaban J connectivity index is 2.03. The molecule has 1 aromatic heterocycles. The number of amides is 1. The molecule has 1 amide bonds. The fraction of sp³-hybridized carbons (Fsp3) is 0.200. The summed E-state index contributed by atoms with van der Waals surface area (Å²) in [7, 11) is 3.85. The monoisotopic (exact) mass is 386 g/mol. The lowest BCUT2D eigenvalue weighted by molar-refractivity contribution is 0.0943. The highest BCUT2D eigenvalue weighted by molar-refractivity contribution is 6.32. The van der Waals surface area contributed by atoms with Crippen molar-refractivity contribution in [2.24, 2.45) is 0 Å². The van der Waals surface area contributed by atoms with Crippen LogP contribution in [-0.4, -0.2) is 47.8 Å². The summed E-state index contributed by atoms with van der Waals surface area (Å²) < 4.78 is 15.7. The number of carbonyl (C=O) groups is 1. The van der Waals surface area contributed by atoms with E-state index < -0.39 is 5.82 Å². The van der Waals surface area contributed by atoms with E-state index in [9.17, 15) is 9.18 Å². The van der Waals surface area contributed by atoms with E-state index in [1.54, 1.807) is 48.5 Å². The van der Waals surface area contributed by atoms with Crippen LogP contribution in [0.2, 0.25) is 5.02 Å². The van der Waals surface area contributed by atoms with Gasteiger partial charge in [0.1, 0.15) is 11.5 Å². The molecule has 140 valence electrons. The van der Waals surface area contributed by atoms with Gasteiger partial charge in [0, 0.05) is 18.7 Å². The van der Waals surface area contributed by atoms with Crippen molar-refractivity contribution in [1.82, 2.24) is 20.0 Å². The van der Waals surface area contributed by atoms with Crippen LogP contribution in [0.25, 0.3) is 16.9 Å². The number of aromatic nitrogens is 2. The Morgan fingerprint density at radius 2 is 1.89 bits per heavy atom. The largest absolute Gasteiger partial charge is 0.349 e. The lowest BCUT2D eigenvalue weighted by Crippen LogP contribution is -2.32. The standard InChI is InChI=1S/C20H20ClFN4O/c1-25(2)12-11-23-20(27)19-13-17(14-7-3-5-9-16(14)22)24-26(19)18-10-6-4-8-15(18)21/h3-10,13H,11-12H2,1-2H3,(H,23,27). The van der Waals surface area contributed by atoms with Gasteiger partial charge in [-0.25, -0.2) is 9.07 Å². The second kappa shape index (κ2) is 8.33. The molecule has 0 aliphatic carbocycles. The maximum Gasteiger partial charge on any atom is 0.270 e. The molecular weight excluding hydrogens is 367 g/mol. The molecule has 0 spiro atoms. The van der Waals surface area contributed by atoms with E-state index in [1.807, 2.05) is 19.0 Å². The average molecular weight is 387 g/mol. The Labute approximate surface area is 162 Å². The smallest absolute Gasteiger partial charge is 0.270 e. The van der Waals surface area contributed by atoms with E-state index in [0.717, 1.165) is 0 Å². The van der Waals surface area contributed by atoms with Gasteiger partial charge in [0.25, 0.3) is 5.91 Å². The van der Waals surface area contributed by atoms with E-state index in [2.05, 4.69) is 10.4 Å². The van der Waals surface area contributed by atoms with E-state index in [0.29, 0.717) is 40.8 Å². The minimum Gasteiger partial charge on any atom is -0.349 e. The molecule has 0 radical (unpaired) electrons. The quantitative estimate of drug-likeness (QED) is 0.704. The summed E-state index contributed by atoms with van der Waals surface area (Å²) in [6, 6.07) is 15.0. The molecule has 2 aromatic carbocycles. The number of nitrogens with zero attached hydrogens (tertiary/aromatic N) is 3. The number of rotatable bonds is 6. The third-order valence-corrected chi connectivity index (χ3v) is 4.34. The molecule has 0 saturated heterocycles. The highest BCUT2D eigenvalue weighted by Gasteiger charge is 2.20. The van der Waals surface area contributed by atoms with Crippen LogP contribution in [0.1, 0.15) is 10.5 Å². The molecule has 1 heterocycles. The normalized spacial score (nSPS) is 11.0. The number of halogens is 2. The zero-order valence-corrected chi connectivity index (χ0v) is 15.9. The van der Waals surface area contributed by atoms with Gasteiger partial charge in [-0.05, 0) is 44.4 Å². The van der Waals surface area contributed by atoms with Crippen molar-refractivity contribution in [3.8, 4) is 16.9 Å². The van der Waals surface area contributed by atoms with Crippen molar-refractivity contribution in [2.75, 3.05) is 27.2 Å². The Hall–Kier alpha value is -2.70. The molecule has 3 aromatic rings. The highest BCUT2D eigenvalue weighted by atomic mass is 35.5. The third-order valence-electron chi connectivity index (χ3n) is 4.02. The summed E-state index contributed by atoms with van der Waals surface area (Å²) in [6.07, 6.45) is 0. The Morgan fingerprint density at radius 1 is 1.19 bits per heavy atom. The van der Waals surface area contributed by atoms with Gasteiger partial charge in [0.2, 0.25) is 0 Å². The maximum absolute atomic E-state index is 14.2. The molecule has 7 heteroatoms. The zero-order valence-electron chi connectivity index (χ0n) is 15.1. The van der Waals surface area contributed by atoms with Gasteiger partial charge in [0.05, 0.1) is 16.4 Å². The van der Waals surface area contributed by atoms with Crippen LogP contribution in [0.4, 0.5) is 4.39 Å². The molecule has 0 aliphatic rings. The van der Waals surface area contributed by atoms with Crippen molar-refractivity contribution in [3.05, 3.63) is 71.1 Å². The third kappa shape index (κ3) is 4.35. The molecule has 3 rings (SSSR count). The SMILES string of the molecule is CN(C)CCNC(=O)c1cc(-c2ccccc2F)nn1-c1ccccc1Cl. The number of carbonyl (C=O) groups excluding carboxylic acids is 1. The molecule has 27 heavy (non-hydrogen) atoms. The average Bonchev–Trinajstić information content (AvgIpc) is 3.07. The van der Waals surface area contributed by atoms with Gasteiger partial charge in [0.15, 0.2) is 0 Å². The molecule has 0 bridgehead atoms. The fourth-order valence-corrected chi connectivity index (χ4v) is 2.85. The number of hydrogen-bond acceptors (Lipinski definition) is 3. The summed E-state index contributed by atoms with van der Waals surface area (Å²) >= 11 is 6.29. The van der Waals surface area contributed by atoms with Gasteiger partial charge in [-0.1, -0.05) is 35.9 Å². The van der Waals surface area contributed by atoms with Gasteiger partial charge >= 0.3 is 0 Å². The minimum absolute atomic E-state index is 0.292.